The van der Waals surface area contributed by atoms with Gasteiger partial charge in [-0.3, -0.25) is 4.79 Å². The number of rotatable bonds is 4. The van der Waals surface area contributed by atoms with E-state index in [2.05, 4.69) is 21.2 Å². The number of halogens is 1. The van der Waals surface area contributed by atoms with E-state index in [1.807, 2.05) is 31.2 Å². The summed E-state index contributed by atoms with van der Waals surface area (Å²) in [7, 11) is 0. The topological polar surface area (TPSA) is 81.1 Å². The van der Waals surface area contributed by atoms with Gasteiger partial charge in [0.1, 0.15) is 0 Å². The van der Waals surface area contributed by atoms with Crippen molar-refractivity contribution >= 4 is 33.2 Å². The molecule has 2 aromatic rings. The zero-order valence-corrected chi connectivity index (χ0v) is 12.6. The first-order chi connectivity index (χ1) is 9.47. The lowest BCUT2D eigenvalue weighted by Gasteiger charge is -2.18. The van der Waals surface area contributed by atoms with Crippen LogP contribution in [-0.4, -0.2) is 5.91 Å². The predicted molar refractivity (Wildman–Crippen MR) is 85.6 cm³/mol. The van der Waals surface area contributed by atoms with E-state index in [1.165, 1.54) is 0 Å². The molecule has 0 aliphatic rings. The summed E-state index contributed by atoms with van der Waals surface area (Å²) >= 11 is 3.41. The number of carbonyl (C=O) groups excluding carboxylic acids is 1. The largest absolute Gasteiger partial charge is 0.397 e. The fourth-order valence-corrected chi connectivity index (χ4v) is 2.17. The number of nitrogens with one attached hydrogen (secondary N) is 1. The Bertz CT molecular complexity index is 626. The van der Waals surface area contributed by atoms with Gasteiger partial charge in [-0.25, -0.2) is 0 Å². The SMILES string of the molecule is CC(Nc1cc(C(N)=O)ccc1N)c1ccc(Br)cc1. The lowest BCUT2D eigenvalue weighted by atomic mass is 10.1. The predicted octanol–water partition coefficient (Wildman–Crippen LogP) is 3.30. The maximum atomic E-state index is 11.2. The molecule has 0 aliphatic heterocycles. The number of anilines is 2. The minimum absolute atomic E-state index is 0.0635. The summed E-state index contributed by atoms with van der Waals surface area (Å²) < 4.78 is 1.03. The van der Waals surface area contributed by atoms with Crippen LogP contribution in [0.1, 0.15) is 28.9 Å². The average molecular weight is 334 g/mol. The molecule has 0 aromatic heterocycles. The second-order valence-corrected chi connectivity index (χ2v) is 5.50. The Kier molecular flexibility index (Phi) is 4.29. The molecular weight excluding hydrogens is 318 g/mol. The molecule has 0 heterocycles. The molecule has 0 radical (unpaired) electrons. The van der Waals surface area contributed by atoms with E-state index in [1.54, 1.807) is 18.2 Å². The van der Waals surface area contributed by atoms with Gasteiger partial charge in [-0.15, -0.1) is 0 Å². The Balaban J connectivity index is 2.22. The first-order valence-corrected chi connectivity index (χ1v) is 6.98. The third-order valence-electron chi connectivity index (χ3n) is 3.08. The molecule has 20 heavy (non-hydrogen) atoms. The molecule has 2 aromatic carbocycles. The van der Waals surface area contributed by atoms with Gasteiger partial charge in [-0.1, -0.05) is 28.1 Å². The molecule has 0 aliphatic carbocycles. The Labute approximate surface area is 126 Å². The van der Waals surface area contributed by atoms with E-state index >= 15 is 0 Å². The summed E-state index contributed by atoms with van der Waals surface area (Å²) in [5, 5.41) is 3.29. The molecular formula is C15H16BrN3O. The maximum Gasteiger partial charge on any atom is 0.248 e. The number of primary amides is 1. The van der Waals surface area contributed by atoms with Gasteiger partial charge in [-0.05, 0) is 42.8 Å². The molecule has 1 amide bonds. The Morgan fingerprint density at radius 3 is 2.45 bits per heavy atom. The summed E-state index contributed by atoms with van der Waals surface area (Å²) in [4.78, 5) is 11.2. The van der Waals surface area contributed by atoms with Crippen molar-refractivity contribution in [1.82, 2.24) is 0 Å². The van der Waals surface area contributed by atoms with Gasteiger partial charge >= 0.3 is 0 Å². The molecule has 0 saturated carbocycles. The van der Waals surface area contributed by atoms with Gasteiger partial charge in [0.2, 0.25) is 5.91 Å². The number of carbonyl (C=O) groups is 1. The van der Waals surface area contributed by atoms with Gasteiger partial charge in [0, 0.05) is 16.1 Å². The highest BCUT2D eigenvalue weighted by Gasteiger charge is 2.09. The summed E-state index contributed by atoms with van der Waals surface area (Å²) in [6, 6.07) is 13.0. The highest BCUT2D eigenvalue weighted by molar-refractivity contribution is 9.10. The molecule has 0 spiro atoms. The van der Waals surface area contributed by atoms with E-state index in [0.717, 1.165) is 10.0 Å². The molecule has 4 nitrogen and oxygen atoms in total. The fraction of sp³-hybridized carbons (Fsp3) is 0.133. The Morgan fingerprint density at radius 1 is 1.20 bits per heavy atom. The van der Waals surface area contributed by atoms with Crippen molar-refractivity contribution in [2.24, 2.45) is 5.73 Å². The standard InChI is InChI=1S/C15H16BrN3O/c1-9(10-2-5-12(16)6-3-10)19-14-8-11(15(18)20)4-7-13(14)17/h2-9,19H,17H2,1H3,(H2,18,20). The van der Waals surface area contributed by atoms with Crippen molar-refractivity contribution in [3.05, 3.63) is 58.1 Å². The fourth-order valence-electron chi connectivity index (χ4n) is 1.90. The van der Waals surface area contributed by atoms with E-state index in [0.29, 0.717) is 16.9 Å². The highest BCUT2D eigenvalue weighted by atomic mass is 79.9. The lowest BCUT2D eigenvalue weighted by molar-refractivity contribution is 0.100. The maximum absolute atomic E-state index is 11.2. The van der Waals surface area contributed by atoms with Crippen LogP contribution in [0.25, 0.3) is 0 Å². The van der Waals surface area contributed by atoms with Crippen molar-refractivity contribution in [1.29, 1.82) is 0 Å². The van der Waals surface area contributed by atoms with Crippen LogP contribution < -0.4 is 16.8 Å². The van der Waals surface area contributed by atoms with Crippen molar-refractivity contribution < 1.29 is 4.79 Å². The van der Waals surface area contributed by atoms with Gasteiger partial charge in [0.25, 0.3) is 0 Å². The van der Waals surface area contributed by atoms with Crippen LogP contribution >= 0.6 is 15.9 Å². The van der Waals surface area contributed by atoms with Crippen LogP contribution in [-0.2, 0) is 0 Å². The minimum Gasteiger partial charge on any atom is -0.397 e. The first kappa shape index (κ1) is 14.4. The number of amides is 1. The molecule has 5 N–H and O–H groups in total. The van der Waals surface area contributed by atoms with Crippen LogP contribution in [0.5, 0.6) is 0 Å². The van der Waals surface area contributed by atoms with Crippen molar-refractivity contribution in [2.75, 3.05) is 11.1 Å². The smallest absolute Gasteiger partial charge is 0.248 e. The van der Waals surface area contributed by atoms with Gasteiger partial charge in [-0.2, -0.15) is 0 Å². The molecule has 0 saturated heterocycles. The molecule has 2 rings (SSSR count). The molecule has 5 heteroatoms. The summed E-state index contributed by atoms with van der Waals surface area (Å²) in [6.45, 7) is 2.03. The summed E-state index contributed by atoms with van der Waals surface area (Å²) in [5.74, 6) is -0.468. The average Bonchev–Trinajstić information content (AvgIpc) is 2.41. The normalized spacial score (nSPS) is 11.9. The van der Waals surface area contributed by atoms with Gasteiger partial charge in [0.15, 0.2) is 0 Å². The van der Waals surface area contributed by atoms with Gasteiger partial charge in [0.05, 0.1) is 11.4 Å². The van der Waals surface area contributed by atoms with Gasteiger partial charge < -0.3 is 16.8 Å². The van der Waals surface area contributed by atoms with E-state index in [-0.39, 0.29) is 6.04 Å². The van der Waals surface area contributed by atoms with Crippen LogP contribution in [0.15, 0.2) is 46.9 Å². The third-order valence-corrected chi connectivity index (χ3v) is 3.61. The van der Waals surface area contributed by atoms with E-state index < -0.39 is 5.91 Å². The number of nitrogens with two attached hydrogens (primary N) is 2. The molecule has 0 fully saturated rings. The van der Waals surface area contributed by atoms with Crippen molar-refractivity contribution in [2.45, 2.75) is 13.0 Å². The zero-order valence-electron chi connectivity index (χ0n) is 11.1. The van der Waals surface area contributed by atoms with E-state index in [9.17, 15) is 4.79 Å². The quantitative estimate of drug-likeness (QED) is 0.751. The van der Waals surface area contributed by atoms with E-state index in [4.69, 9.17) is 11.5 Å². The molecule has 1 unspecified atom stereocenters. The van der Waals surface area contributed by atoms with Crippen LogP contribution in [0.4, 0.5) is 11.4 Å². The number of benzene rings is 2. The second-order valence-electron chi connectivity index (χ2n) is 4.58. The lowest BCUT2D eigenvalue weighted by Crippen LogP contribution is -2.13. The zero-order chi connectivity index (χ0) is 14.7. The number of hydrogen-bond acceptors (Lipinski definition) is 3. The molecule has 1 atom stereocenters. The van der Waals surface area contributed by atoms with Crippen molar-refractivity contribution in [3.63, 3.8) is 0 Å². The number of hydrogen-bond donors (Lipinski definition) is 3. The molecule has 0 bridgehead atoms. The van der Waals surface area contributed by atoms with Crippen LogP contribution in [0.3, 0.4) is 0 Å². The molecule has 104 valence electrons. The summed E-state index contributed by atoms with van der Waals surface area (Å²) in [5.41, 5.74) is 14.0. The van der Waals surface area contributed by atoms with Crippen LogP contribution in [0, 0.1) is 0 Å². The number of nitrogen functional groups attached to an aromatic ring is 1. The monoisotopic (exact) mass is 333 g/mol. The van der Waals surface area contributed by atoms with Crippen LogP contribution in [0.2, 0.25) is 0 Å². The first-order valence-electron chi connectivity index (χ1n) is 6.18. The van der Waals surface area contributed by atoms with Crippen molar-refractivity contribution in [3.8, 4) is 0 Å². The Morgan fingerprint density at radius 2 is 1.85 bits per heavy atom. The Hall–Kier alpha value is -2.01. The highest BCUT2D eigenvalue weighted by Crippen LogP contribution is 2.26. The second kappa shape index (κ2) is 5.96. The third kappa shape index (κ3) is 3.30. The summed E-state index contributed by atoms with van der Waals surface area (Å²) in [6.07, 6.45) is 0. The minimum atomic E-state index is -0.468.